The highest BCUT2D eigenvalue weighted by Gasteiger charge is 2.34. The fourth-order valence-electron chi connectivity index (χ4n) is 3.35. The van der Waals surface area contributed by atoms with Gasteiger partial charge >= 0.3 is 12.0 Å². The van der Waals surface area contributed by atoms with Crippen LogP contribution in [0.5, 0.6) is 0 Å². The monoisotopic (exact) mass is 386 g/mol. The molecule has 1 aliphatic carbocycles. The first-order valence-electron chi connectivity index (χ1n) is 8.47. The number of urea groups is 1. The van der Waals surface area contributed by atoms with E-state index in [1.54, 1.807) is 18.2 Å². The van der Waals surface area contributed by atoms with Crippen LogP contribution in [0.2, 0.25) is 10.0 Å². The third-order valence-electron chi connectivity index (χ3n) is 5.14. The van der Waals surface area contributed by atoms with Crippen molar-refractivity contribution in [3.63, 3.8) is 0 Å². The smallest absolute Gasteiger partial charge is 0.315 e. The molecule has 1 aromatic rings. The summed E-state index contributed by atoms with van der Waals surface area (Å²) in [6.07, 6.45) is 4.05. The molecule has 3 unspecified atom stereocenters. The zero-order valence-corrected chi connectivity index (χ0v) is 16.0. The largest absolute Gasteiger partial charge is 0.481 e. The molecule has 3 N–H and O–H groups in total. The first kappa shape index (κ1) is 19.9. The Morgan fingerprint density at radius 2 is 2.00 bits per heavy atom. The van der Waals surface area contributed by atoms with E-state index in [1.165, 1.54) is 0 Å². The number of benzene rings is 1. The minimum atomic E-state index is -1.09. The molecule has 1 aromatic carbocycles. The van der Waals surface area contributed by atoms with Gasteiger partial charge in [-0.1, -0.05) is 49.5 Å². The van der Waals surface area contributed by atoms with E-state index >= 15 is 0 Å². The number of carboxylic acid groups (broad SMARTS) is 1. The molecule has 2 amide bonds. The van der Waals surface area contributed by atoms with Crippen molar-refractivity contribution in [2.45, 2.75) is 51.5 Å². The Bertz CT molecular complexity index is 633. The van der Waals surface area contributed by atoms with Crippen molar-refractivity contribution in [3.05, 3.63) is 33.8 Å². The molecule has 1 aliphatic rings. The molecule has 7 heteroatoms. The maximum Gasteiger partial charge on any atom is 0.315 e. The van der Waals surface area contributed by atoms with Gasteiger partial charge in [0.25, 0.3) is 0 Å². The van der Waals surface area contributed by atoms with Crippen molar-refractivity contribution < 1.29 is 14.7 Å². The van der Waals surface area contributed by atoms with Gasteiger partial charge in [0.05, 0.1) is 0 Å². The predicted molar refractivity (Wildman–Crippen MR) is 99.4 cm³/mol. The molecule has 5 nitrogen and oxygen atoms in total. The Morgan fingerprint density at radius 1 is 1.36 bits per heavy atom. The molecule has 2 rings (SSSR count). The first-order valence-corrected chi connectivity index (χ1v) is 9.22. The fraction of sp³-hybridized carbons (Fsp3) is 0.556. The number of nitrogens with one attached hydrogen (secondary N) is 2. The topological polar surface area (TPSA) is 78.4 Å². The second-order valence-corrected chi connectivity index (χ2v) is 7.80. The van der Waals surface area contributed by atoms with E-state index in [9.17, 15) is 14.7 Å². The lowest BCUT2D eigenvalue weighted by Crippen LogP contribution is -2.43. The maximum atomic E-state index is 12.1. The van der Waals surface area contributed by atoms with Gasteiger partial charge in [0, 0.05) is 28.2 Å². The predicted octanol–water partition coefficient (Wildman–Crippen LogP) is 4.43. The zero-order chi connectivity index (χ0) is 18.6. The quantitative estimate of drug-likeness (QED) is 0.676. The Morgan fingerprint density at radius 3 is 2.52 bits per heavy atom. The van der Waals surface area contributed by atoms with Gasteiger partial charge in [0.2, 0.25) is 0 Å². The lowest BCUT2D eigenvalue weighted by molar-refractivity contribution is -0.138. The van der Waals surface area contributed by atoms with Crippen molar-refractivity contribution in [2.24, 2.45) is 5.41 Å². The van der Waals surface area contributed by atoms with Crippen LogP contribution in [-0.2, 0) is 4.79 Å². The van der Waals surface area contributed by atoms with Gasteiger partial charge in [0.1, 0.15) is 5.92 Å². The summed E-state index contributed by atoms with van der Waals surface area (Å²) in [5, 5.41) is 15.6. The molecule has 0 aromatic heterocycles. The summed E-state index contributed by atoms with van der Waals surface area (Å²) in [7, 11) is 0. The van der Waals surface area contributed by atoms with Gasteiger partial charge < -0.3 is 15.7 Å². The summed E-state index contributed by atoms with van der Waals surface area (Å²) in [5.74, 6) is -2.09. The molecule has 138 valence electrons. The van der Waals surface area contributed by atoms with Gasteiger partial charge in [-0.3, -0.25) is 4.79 Å². The van der Waals surface area contributed by atoms with E-state index in [2.05, 4.69) is 24.5 Å². The molecule has 1 saturated carbocycles. The van der Waals surface area contributed by atoms with Gasteiger partial charge in [0.15, 0.2) is 0 Å². The van der Waals surface area contributed by atoms with Crippen molar-refractivity contribution in [2.75, 3.05) is 6.54 Å². The van der Waals surface area contributed by atoms with Crippen molar-refractivity contribution in [3.8, 4) is 0 Å². The summed E-state index contributed by atoms with van der Waals surface area (Å²) in [5.41, 5.74) is 0.588. The summed E-state index contributed by atoms with van der Waals surface area (Å²) in [6, 6.07) is 4.58. The lowest BCUT2D eigenvalue weighted by Gasteiger charge is -2.22. The maximum absolute atomic E-state index is 12.1. The van der Waals surface area contributed by atoms with Crippen LogP contribution < -0.4 is 10.6 Å². The summed E-state index contributed by atoms with van der Waals surface area (Å²) in [6.45, 7) is 4.31. The Kier molecular flexibility index (Phi) is 6.58. The molecule has 0 spiro atoms. The van der Waals surface area contributed by atoms with Crippen LogP contribution in [0.3, 0.4) is 0 Å². The fourth-order valence-corrected chi connectivity index (χ4v) is 4.01. The summed E-state index contributed by atoms with van der Waals surface area (Å²) < 4.78 is 0. The van der Waals surface area contributed by atoms with Crippen LogP contribution in [0.25, 0.3) is 0 Å². The van der Waals surface area contributed by atoms with Crippen molar-refractivity contribution >= 4 is 35.2 Å². The highest BCUT2D eigenvalue weighted by Crippen LogP contribution is 2.40. The second kappa shape index (κ2) is 8.28. The minimum Gasteiger partial charge on any atom is -0.481 e. The molecular weight excluding hydrogens is 363 g/mol. The average molecular weight is 387 g/mol. The molecule has 0 saturated heterocycles. The first-order chi connectivity index (χ1) is 11.8. The number of aliphatic carboxylic acids is 1. The highest BCUT2D eigenvalue weighted by atomic mass is 35.5. The van der Waals surface area contributed by atoms with Crippen LogP contribution in [-0.4, -0.2) is 29.7 Å². The number of hydrogen-bond acceptors (Lipinski definition) is 2. The van der Waals surface area contributed by atoms with Gasteiger partial charge in [-0.25, -0.2) is 4.79 Å². The van der Waals surface area contributed by atoms with Crippen LogP contribution >= 0.6 is 23.2 Å². The number of halogens is 2. The van der Waals surface area contributed by atoms with Gasteiger partial charge in [-0.05, 0) is 36.8 Å². The third-order valence-corrected chi connectivity index (χ3v) is 5.80. The number of carbonyl (C=O) groups is 2. The second-order valence-electron chi connectivity index (χ2n) is 6.98. The van der Waals surface area contributed by atoms with E-state index in [-0.39, 0.29) is 34.1 Å². The van der Waals surface area contributed by atoms with Crippen molar-refractivity contribution in [1.82, 2.24) is 10.6 Å². The Hall–Kier alpha value is -1.46. The molecule has 25 heavy (non-hydrogen) atoms. The number of amides is 2. The van der Waals surface area contributed by atoms with E-state index < -0.39 is 11.9 Å². The van der Waals surface area contributed by atoms with E-state index in [1.807, 2.05) is 0 Å². The van der Waals surface area contributed by atoms with Crippen LogP contribution in [0.1, 0.15) is 51.0 Å². The Labute approximate surface area is 158 Å². The molecule has 3 atom stereocenters. The van der Waals surface area contributed by atoms with E-state index in [0.29, 0.717) is 5.56 Å². The van der Waals surface area contributed by atoms with E-state index in [4.69, 9.17) is 23.2 Å². The molecule has 0 radical (unpaired) electrons. The number of carboxylic acids is 1. The highest BCUT2D eigenvalue weighted by molar-refractivity contribution is 6.36. The number of hydrogen-bond donors (Lipinski definition) is 3. The average Bonchev–Trinajstić information content (AvgIpc) is 2.91. The molecule has 0 aliphatic heterocycles. The molecule has 0 heterocycles. The van der Waals surface area contributed by atoms with Crippen molar-refractivity contribution in [1.29, 1.82) is 0 Å². The SMILES string of the molecule is CCC1(C)CCC(NC(=O)NCC(C(=O)O)c2c(Cl)cccc2Cl)C1. The summed E-state index contributed by atoms with van der Waals surface area (Å²) >= 11 is 12.2. The number of carbonyl (C=O) groups excluding carboxylic acids is 1. The molecule has 0 bridgehead atoms. The normalized spacial score (nSPS) is 23.9. The van der Waals surface area contributed by atoms with Crippen LogP contribution in [0.4, 0.5) is 4.79 Å². The van der Waals surface area contributed by atoms with Gasteiger partial charge in [-0.15, -0.1) is 0 Å². The molecular formula is C18H24Cl2N2O3. The molecule has 1 fully saturated rings. The van der Waals surface area contributed by atoms with Crippen LogP contribution in [0.15, 0.2) is 18.2 Å². The Balaban J connectivity index is 1.96. The number of rotatable bonds is 6. The summed E-state index contributed by atoms with van der Waals surface area (Å²) in [4.78, 5) is 23.7. The minimum absolute atomic E-state index is 0.0810. The van der Waals surface area contributed by atoms with E-state index in [0.717, 1.165) is 25.7 Å². The standard InChI is InChI=1S/C18H24Cl2N2O3/c1-3-18(2)8-7-11(9-18)22-17(25)21-10-12(16(23)24)15-13(19)5-4-6-14(15)20/h4-6,11-12H,3,7-10H2,1-2H3,(H,23,24)(H2,21,22,25). The van der Waals surface area contributed by atoms with Gasteiger partial charge in [-0.2, -0.15) is 0 Å². The lowest BCUT2D eigenvalue weighted by atomic mass is 9.86. The zero-order valence-electron chi connectivity index (χ0n) is 14.4. The third kappa shape index (κ3) is 5.02. The van der Waals surface area contributed by atoms with Crippen LogP contribution in [0, 0.1) is 5.41 Å².